The number of nitrogens with one attached hydrogen (secondary N) is 1. The third kappa shape index (κ3) is 4.83. The van der Waals surface area contributed by atoms with Gasteiger partial charge in [-0.25, -0.2) is 4.98 Å². The van der Waals surface area contributed by atoms with Gasteiger partial charge < -0.3 is 19.9 Å². The Balaban J connectivity index is 0.00000196. The normalized spacial score (nSPS) is 10.9. The maximum absolute atomic E-state index is 9.95. The van der Waals surface area contributed by atoms with Gasteiger partial charge in [0.25, 0.3) is 0 Å². The molecule has 0 aliphatic heterocycles. The molecule has 0 saturated heterocycles. The fraction of sp³-hybridized carbons (Fsp3) is 0.476. The molecule has 3 aromatic rings. The number of hydrogen-bond donors (Lipinski definition) is 2. The van der Waals surface area contributed by atoms with Crippen molar-refractivity contribution < 1.29 is 5.11 Å². The highest BCUT2D eigenvalue weighted by atomic mass is 35.5. The number of rotatable bonds is 8. The first kappa shape index (κ1) is 24.3. The van der Waals surface area contributed by atoms with Gasteiger partial charge in [0.15, 0.2) is 0 Å². The van der Waals surface area contributed by atoms with E-state index in [0.717, 1.165) is 60.3 Å². The molecule has 2 aromatic heterocycles. The number of nitrogens with zero attached hydrogens (tertiary/aromatic N) is 3. The minimum absolute atomic E-state index is 0. The van der Waals surface area contributed by atoms with Crippen LogP contribution in [0.15, 0.2) is 24.4 Å². The first-order valence-electron chi connectivity index (χ1n) is 9.59. The summed E-state index contributed by atoms with van der Waals surface area (Å²) < 4.78 is 2.19. The monoisotopic (exact) mass is 426 g/mol. The van der Waals surface area contributed by atoms with Crippen molar-refractivity contribution >= 4 is 52.4 Å². The molecule has 2 N–H and O–H groups in total. The summed E-state index contributed by atoms with van der Waals surface area (Å²) in [5.41, 5.74) is 3.43. The Kier molecular flexibility index (Phi) is 9.34. The first-order chi connectivity index (χ1) is 12.6. The Morgan fingerprint density at radius 1 is 1.14 bits per heavy atom. The number of aromatic nitrogens is 2. The second-order valence-corrected chi connectivity index (χ2v) is 6.93. The molecule has 0 amide bonds. The highest BCUT2D eigenvalue weighted by molar-refractivity contribution is 6.14. The van der Waals surface area contributed by atoms with E-state index in [2.05, 4.69) is 47.6 Å². The molecule has 0 aliphatic rings. The average molecular weight is 427 g/mol. The lowest BCUT2D eigenvalue weighted by atomic mass is 10.1. The van der Waals surface area contributed by atoms with Crippen LogP contribution in [0.3, 0.4) is 0 Å². The lowest BCUT2D eigenvalue weighted by Gasteiger charge is -2.17. The van der Waals surface area contributed by atoms with Gasteiger partial charge in [-0.1, -0.05) is 13.8 Å². The van der Waals surface area contributed by atoms with E-state index >= 15 is 0 Å². The number of benzene rings is 1. The molecule has 0 bridgehead atoms. The van der Waals surface area contributed by atoms with Gasteiger partial charge in [-0.05, 0) is 63.2 Å². The summed E-state index contributed by atoms with van der Waals surface area (Å²) in [4.78, 5) is 7.10. The van der Waals surface area contributed by atoms with Gasteiger partial charge in [-0.15, -0.1) is 24.8 Å². The van der Waals surface area contributed by atoms with E-state index in [-0.39, 0.29) is 30.6 Å². The largest absolute Gasteiger partial charge is 0.508 e. The van der Waals surface area contributed by atoms with Crippen molar-refractivity contribution in [1.82, 2.24) is 14.5 Å². The van der Waals surface area contributed by atoms with Gasteiger partial charge in [0.1, 0.15) is 11.6 Å². The molecule has 156 valence electrons. The summed E-state index contributed by atoms with van der Waals surface area (Å²) in [5, 5.41) is 15.6. The van der Waals surface area contributed by atoms with Crippen molar-refractivity contribution in [2.24, 2.45) is 7.05 Å². The predicted octanol–water partition coefficient (Wildman–Crippen LogP) is 5.12. The Bertz CT molecular complexity index is 906. The van der Waals surface area contributed by atoms with Crippen LogP contribution in [0.4, 0.5) is 5.82 Å². The Hall–Kier alpha value is -1.69. The number of aromatic hydroxyl groups is 1. The molecular weight excluding hydrogens is 395 g/mol. The molecule has 0 fully saturated rings. The number of pyridine rings is 1. The number of phenols is 1. The van der Waals surface area contributed by atoms with Crippen LogP contribution in [0, 0.1) is 6.92 Å². The topological polar surface area (TPSA) is 53.3 Å². The second kappa shape index (κ2) is 10.7. The minimum atomic E-state index is 0. The molecule has 28 heavy (non-hydrogen) atoms. The minimum Gasteiger partial charge on any atom is -0.508 e. The molecule has 0 unspecified atom stereocenters. The summed E-state index contributed by atoms with van der Waals surface area (Å²) in [6, 6.07) is 5.55. The van der Waals surface area contributed by atoms with Crippen molar-refractivity contribution in [1.29, 1.82) is 0 Å². The van der Waals surface area contributed by atoms with Gasteiger partial charge in [-0.3, -0.25) is 0 Å². The molecular formula is C21H32Cl2N4O. The van der Waals surface area contributed by atoms with E-state index in [4.69, 9.17) is 0 Å². The third-order valence-electron chi connectivity index (χ3n) is 5.27. The van der Waals surface area contributed by atoms with E-state index in [0.29, 0.717) is 0 Å². The third-order valence-corrected chi connectivity index (χ3v) is 5.27. The predicted molar refractivity (Wildman–Crippen MR) is 125 cm³/mol. The van der Waals surface area contributed by atoms with E-state index < -0.39 is 0 Å². The van der Waals surface area contributed by atoms with Crippen molar-refractivity contribution in [2.75, 3.05) is 31.5 Å². The van der Waals surface area contributed by atoms with Crippen molar-refractivity contribution in [3.8, 4) is 5.75 Å². The van der Waals surface area contributed by atoms with Crippen molar-refractivity contribution in [3.05, 3.63) is 30.0 Å². The van der Waals surface area contributed by atoms with Gasteiger partial charge >= 0.3 is 0 Å². The van der Waals surface area contributed by atoms with Crippen LogP contribution in [-0.4, -0.2) is 45.7 Å². The van der Waals surface area contributed by atoms with Gasteiger partial charge in [0.2, 0.25) is 0 Å². The molecule has 0 spiro atoms. The number of halogens is 2. The smallest absolute Gasteiger partial charge is 0.136 e. The first-order valence-corrected chi connectivity index (χ1v) is 9.59. The number of unbranched alkanes of at least 4 members (excludes halogenated alkanes) is 1. The lowest BCUT2D eigenvalue weighted by molar-refractivity contribution is 0.298. The van der Waals surface area contributed by atoms with Crippen LogP contribution in [-0.2, 0) is 7.05 Å². The van der Waals surface area contributed by atoms with Crippen LogP contribution in [0.1, 0.15) is 32.3 Å². The van der Waals surface area contributed by atoms with Crippen LogP contribution >= 0.6 is 24.8 Å². The quantitative estimate of drug-likeness (QED) is 0.490. The Morgan fingerprint density at radius 3 is 2.54 bits per heavy atom. The summed E-state index contributed by atoms with van der Waals surface area (Å²) in [6.45, 7) is 10.8. The summed E-state index contributed by atoms with van der Waals surface area (Å²) in [7, 11) is 2.07. The van der Waals surface area contributed by atoms with E-state index in [1.807, 2.05) is 18.3 Å². The molecule has 7 heteroatoms. The van der Waals surface area contributed by atoms with Crippen molar-refractivity contribution in [3.63, 3.8) is 0 Å². The Labute approximate surface area is 179 Å². The zero-order chi connectivity index (χ0) is 18.7. The molecule has 5 nitrogen and oxygen atoms in total. The number of hydrogen-bond acceptors (Lipinski definition) is 4. The maximum atomic E-state index is 9.95. The highest BCUT2D eigenvalue weighted by Gasteiger charge is 2.15. The summed E-state index contributed by atoms with van der Waals surface area (Å²) in [5.74, 6) is 1.20. The zero-order valence-electron chi connectivity index (χ0n) is 17.2. The summed E-state index contributed by atoms with van der Waals surface area (Å²) >= 11 is 0. The molecule has 0 atom stereocenters. The number of fused-ring (bicyclic) bond motifs is 3. The number of phenolic OH excluding ortho intramolecular Hbond substituents is 1. The lowest BCUT2D eigenvalue weighted by Crippen LogP contribution is -2.24. The molecule has 3 rings (SSSR count). The van der Waals surface area contributed by atoms with Crippen LogP contribution in [0.2, 0.25) is 0 Å². The molecule has 1 aromatic carbocycles. The zero-order valence-corrected chi connectivity index (χ0v) is 18.8. The van der Waals surface area contributed by atoms with E-state index in [9.17, 15) is 5.11 Å². The van der Waals surface area contributed by atoms with Crippen LogP contribution in [0.5, 0.6) is 5.75 Å². The van der Waals surface area contributed by atoms with Gasteiger partial charge in [0, 0.05) is 30.7 Å². The molecule has 0 radical (unpaired) electrons. The van der Waals surface area contributed by atoms with Gasteiger partial charge in [-0.2, -0.15) is 0 Å². The second-order valence-electron chi connectivity index (χ2n) is 6.93. The Morgan fingerprint density at radius 2 is 1.86 bits per heavy atom. The average Bonchev–Trinajstić information content (AvgIpc) is 2.93. The fourth-order valence-electron chi connectivity index (χ4n) is 3.76. The SMILES string of the molecule is CCN(CC)CCCCNc1ncc(C)c2c1c1cc(O)ccc1n2C.Cl.Cl. The fourth-order valence-corrected chi connectivity index (χ4v) is 3.76. The number of anilines is 1. The molecule has 0 saturated carbocycles. The maximum Gasteiger partial charge on any atom is 0.136 e. The van der Waals surface area contributed by atoms with Crippen LogP contribution < -0.4 is 5.32 Å². The van der Waals surface area contributed by atoms with E-state index in [1.165, 1.54) is 11.9 Å². The van der Waals surface area contributed by atoms with Gasteiger partial charge in [0.05, 0.1) is 10.9 Å². The standard InChI is InChI=1S/C21H30N4O.2ClH/c1-5-25(6-2)12-8-7-11-22-21-19-17-13-16(26)9-10-18(17)24(4)20(19)15(3)14-23-21;;/h9-10,13-14,26H,5-8,11-12H2,1-4H3,(H,22,23);2*1H. The van der Waals surface area contributed by atoms with Crippen molar-refractivity contribution in [2.45, 2.75) is 33.6 Å². The number of aryl methyl sites for hydroxylation is 2. The van der Waals surface area contributed by atoms with E-state index in [1.54, 1.807) is 6.07 Å². The molecule has 2 heterocycles. The summed E-state index contributed by atoms with van der Waals surface area (Å²) in [6.07, 6.45) is 4.23. The highest BCUT2D eigenvalue weighted by Crippen LogP contribution is 2.35. The van der Waals surface area contributed by atoms with Crippen LogP contribution in [0.25, 0.3) is 21.8 Å². The molecule has 0 aliphatic carbocycles.